The Labute approximate surface area is 346 Å². The van der Waals surface area contributed by atoms with Crippen molar-refractivity contribution in [2.24, 2.45) is 11.7 Å². The maximum absolute atomic E-state index is 13.8. The van der Waals surface area contributed by atoms with Gasteiger partial charge in [0, 0.05) is 32.5 Å². The Bertz CT molecular complexity index is 1440. The number of hydrogen-bond acceptors (Lipinski definition) is 16. The van der Waals surface area contributed by atoms with Gasteiger partial charge in [0.25, 0.3) is 0 Å². The third kappa shape index (κ3) is 15.2. The van der Waals surface area contributed by atoms with Gasteiger partial charge in [0.15, 0.2) is 12.6 Å². The monoisotopic (exact) mass is 847 g/mol. The molecule has 3 rings (SSSR count). The van der Waals surface area contributed by atoms with E-state index in [-0.39, 0.29) is 32.7 Å². The number of hydrogen-bond donors (Lipinski definition) is 7. The lowest BCUT2D eigenvalue weighted by molar-refractivity contribution is -0.274. The molecule has 2 fully saturated rings. The van der Waals surface area contributed by atoms with Crippen LogP contribution in [0, 0.1) is 5.92 Å². The Hall–Kier alpha value is -3.50. The molecule has 1 saturated heterocycles. The highest BCUT2D eigenvalue weighted by atomic mass is 16.7. The number of aliphatic hydroxyl groups is 4. The number of carbonyl (C=O) groups excluding carboxylic acids is 4. The highest BCUT2D eigenvalue weighted by molar-refractivity contribution is 5.82. The van der Waals surface area contributed by atoms with Crippen molar-refractivity contribution in [3.05, 3.63) is 11.8 Å². The van der Waals surface area contributed by atoms with Gasteiger partial charge in [-0.15, -0.1) is 0 Å². The van der Waals surface area contributed by atoms with Crippen LogP contribution in [0.15, 0.2) is 11.8 Å². The van der Waals surface area contributed by atoms with E-state index >= 15 is 0 Å². The number of likely N-dealkylation sites (tertiary alicyclic amines) is 1. The van der Waals surface area contributed by atoms with Gasteiger partial charge in [0.2, 0.25) is 5.91 Å². The van der Waals surface area contributed by atoms with E-state index in [1.165, 1.54) is 18.9 Å². The first kappa shape index (κ1) is 49.9. The smallest absolute Gasteiger partial charge is 0.410 e. The SMILES string of the molecule is C[C@@H]([C@@H](O)[C@H](OCCO)O[C@@H]1[C@@H](O)[C@H](O[C@@H]2CCC=C(CN)O2)[C@@H](NC(=O)OC(C)(C)C)C[C@H]1NC(=O)C(O)C1CN(C(=O)OC(C)(C)C)C1)N(C)C(=O)OC(C)(C)C. The highest BCUT2D eigenvalue weighted by Crippen LogP contribution is 2.32. The Morgan fingerprint density at radius 3 is 2.10 bits per heavy atom. The molecule has 0 aromatic rings. The number of alkyl carbamates (subject to hydrolysis) is 1. The molecule has 1 unspecified atom stereocenters. The van der Waals surface area contributed by atoms with Gasteiger partial charge < -0.3 is 79.8 Å². The third-order valence-electron chi connectivity index (χ3n) is 9.58. The summed E-state index contributed by atoms with van der Waals surface area (Å²) in [5, 5.41) is 50.2. The molecule has 59 heavy (non-hydrogen) atoms. The Morgan fingerprint density at radius 1 is 0.949 bits per heavy atom. The van der Waals surface area contributed by atoms with E-state index in [1.807, 2.05) is 6.08 Å². The summed E-state index contributed by atoms with van der Waals surface area (Å²) in [6.07, 6.45) is -9.97. The molecule has 0 bridgehead atoms. The maximum Gasteiger partial charge on any atom is 0.410 e. The molecule has 8 N–H and O–H groups in total. The molecule has 2 heterocycles. The van der Waals surface area contributed by atoms with Gasteiger partial charge in [-0.1, -0.05) is 0 Å². The molecule has 4 amide bonds. The summed E-state index contributed by atoms with van der Waals surface area (Å²) < 4.78 is 40.7. The molecule has 0 aromatic carbocycles. The van der Waals surface area contributed by atoms with E-state index in [4.69, 9.17) is 38.9 Å². The standard InChI is InChI=1S/C39H69N5O15/c1-21(43(11)35(51)58-38(5,6)7)27(46)33(53-16-15-45)56-31-24(41-32(49)28(47)22-19-44(20-22)36(52)59-39(8,9)10)17-25(42-34(50)57-37(2,3)4)30(29(31)48)55-26-14-12-13-23(18-40)54-26/h13,21-22,24-31,33,45-48H,12,14-20,40H2,1-11H3,(H,41,49)(H,42,50)/t21-,24+,25-,26+,27+,28?,29-,30+,31-,33+/m0/s1. The molecular formula is C39H69N5O15. The van der Waals surface area contributed by atoms with Gasteiger partial charge in [-0.25, -0.2) is 14.4 Å². The number of nitrogens with zero attached hydrogens (tertiary/aromatic N) is 2. The van der Waals surface area contributed by atoms with Crippen molar-refractivity contribution in [2.75, 3.05) is 39.9 Å². The second kappa shape index (κ2) is 20.8. The fourth-order valence-electron chi connectivity index (χ4n) is 6.52. The summed E-state index contributed by atoms with van der Waals surface area (Å²) in [7, 11) is 1.40. The zero-order chi connectivity index (χ0) is 44.6. The summed E-state index contributed by atoms with van der Waals surface area (Å²) >= 11 is 0. The molecule has 340 valence electrons. The van der Waals surface area contributed by atoms with Gasteiger partial charge in [-0.2, -0.15) is 0 Å². The van der Waals surface area contributed by atoms with Gasteiger partial charge in [0.1, 0.15) is 53.1 Å². The predicted octanol–water partition coefficient (Wildman–Crippen LogP) is 1.06. The molecule has 0 spiro atoms. The number of nitrogens with one attached hydrogen (secondary N) is 2. The van der Waals surface area contributed by atoms with Crippen LogP contribution in [-0.2, 0) is 38.0 Å². The third-order valence-corrected chi connectivity index (χ3v) is 9.58. The number of rotatable bonds is 15. The van der Waals surface area contributed by atoms with E-state index in [0.29, 0.717) is 18.6 Å². The molecule has 20 nitrogen and oxygen atoms in total. The minimum absolute atomic E-state index is 0.0302. The number of amides is 4. The van der Waals surface area contributed by atoms with Crippen LogP contribution in [0.3, 0.4) is 0 Å². The topological polar surface area (TPSA) is 270 Å². The molecule has 20 heteroatoms. The average Bonchev–Trinajstić information content (AvgIpc) is 3.08. The fraction of sp³-hybridized carbons (Fsp3) is 0.846. The van der Waals surface area contributed by atoms with Gasteiger partial charge in [0.05, 0.1) is 37.9 Å². The number of ether oxygens (including phenoxy) is 7. The zero-order valence-corrected chi connectivity index (χ0v) is 36.3. The van der Waals surface area contributed by atoms with E-state index in [2.05, 4.69) is 10.6 Å². The molecule has 1 aliphatic carbocycles. The Balaban J connectivity index is 1.98. The largest absolute Gasteiger partial charge is 0.468 e. The van der Waals surface area contributed by atoms with Crippen LogP contribution in [0.4, 0.5) is 14.4 Å². The number of nitrogens with two attached hydrogens (primary N) is 1. The van der Waals surface area contributed by atoms with E-state index in [1.54, 1.807) is 62.3 Å². The van der Waals surface area contributed by atoms with Crippen LogP contribution in [0.2, 0.25) is 0 Å². The van der Waals surface area contributed by atoms with Gasteiger partial charge >= 0.3 is 18.3 Å². The minimum Gasteiger partial charge on any atom is -0.468 e. The normalized spacial score (nSPS) is 26.2. The second-order valence-electron chi connectivity index (χ2n) is 18.2. The molecule has 0 aromatic heterocycles. The first-order valence-electron chi connectivity index (χ1n) is 20.1. The second-order valence-corrected chi connectivity index (χ2v) is 18.2. The predicted molar refractivity (Wildman–Crippen MR) is 210 cm³/mol. The number of allylic oxidation sites excluding steroid dienone is 1. The van der Waals surface area contributed by atoms with Crippen LogP contribution in [0.5, 0.6) is 0 Å². The molecule has 2 aliphatic heterocycles. The molecule has 10 atom stereocenters. The summed E-state index contributed by atoms with van der Waals surface area (Å²) in [6.45, 7) is 16.0. The molecule has 1 saturated carbocycles. The Morgan fingerprint density at radius 2 is 1.54 bits per heavy atom. The summed E-state index contributed by atoms with van der Waals surface area (Å²) in [4.78, 5) is 55.0. The van der Waals surface area contributed by atoms with Crippen molar-refractivity contribution < 1.29 is 72.8 Å². The summed E-state index contributed by atoms with van der Waals surface area (Å²) in [6, 6.07) is -3.31. The van der Waals surface area contributed by atoms with E-state index in [9.17, 15) is 39.6 Å². The van der Waals surface area contributed by atoms with Crippen LogP contribution < -0.4 is 16.4 Å². The molecular weight excluding hydrogens is 778 g/mol. The summed E-state index contributed by atoms with van der Waals surface area (Å²) in [5.74, 6) is -1.08. The highest BCUT2D eigenvalue weighted by Gasteiger charge is 2.51. The van der Waals surface area contributed by atoms with Crippen molar-refractivity contribution >= 4 is 24.2 Å². The number of carbonyl (C=O) groups is 4. The quantitative estimate of drug-likeness (QED) is 0.0897. The molecule has 0 radical (unpaired) electrons. The zero-order valence-electron chi connectivity index (χ0n) is 36.3. The van der Waals surface area contributed by atoms with Crippen molar-refractivity contribution in [1.82, 2.24) is 20.4 Å². The summed E-state index contributed by atoms with van der Waals surface area (Å²) in [5.41, 5.74) is 3.32. The van der Waals surface area contributed by atoms with Crippen LogP contribution >= 0.6 is 0 Å². The lowest BCUT2D eigenvalue weighted by Gasteiger charge is -2.47. The first-order valence-corrected chi connectivity index (χ1v) is 20.1. The minimum atomic E-state index is -1.71. The van der Waals surface area contributed by atoms with Gasteiger partial charge in [-0.05, 0) is 88.2 Å². The lowest BCUT2D eigenvalue weighted by atomic mass is 9.82. The first-order chi connectivity index (χ1) is 27.2. The van der Waals surface area contributed by atoms with Crippen molar-refractivity contribution in [2.45, 2.75) is 167 Å². The van der Waals surface area contributed by atoms with E-state index in [0.717, 1.165) is 4.90 Å². The van der Waals surface area contributed by atoms with Crippen molar-refractivity contribution in [3.63, 3.8) is 0 Å². The number of likely N-dealkylation sites (N-methyl/N-ethyl adjacent to an activating group) is 1. The Kier molecular flexibility index (Phi) is 17.6. The number of aliphatic hydroxyl groups excluding tert-OH is 4. The fourth-order valence-corrected chi connectivity index (χ4v) is 6.52. The van der Waals surface area contributed by atoms with Crippen LogP contribution in [-0.4, -0.2) is 172 Å². The average molecular weight is 848 g/mol. The van der Waals surface area contributed by atoms with Gasteiger partial charge in [-0.3, -0.25) is 4.79 Å². The van der Waals surface area contributed by atoms with Crippen LogP contribution in [0.25, 0.3) is 0 Å². The van der Waals surface area contributed by atoms with Crippen LogP contribution in [0.1, 0.15) is 88.5 Å². The van der Waals surface area contributed by atoms with E-state index < -0.39 is 115 Å². The molecule has 3 aliphatic rings. The van der Waals surface area contributed by atoms with Crippen molar-refractivity contribution in [3.8, 4) is 0 Å². The lowest BCUT2D eigenvalue weighted by Crippen LogP contribution is -2.68. The van der Waals surface area contributed by atoms with Crippen molar-refractivity contribution in [1.29, 1.82) is 0 Å². The maximum atomic E-state index is 13.8.